The van der Waals surface area contributed by atoms with Crippen LogP contribution >= 0.6 is 0 Å². The Morgan fingerprint density at radius 2 is 1.69 bits per heavy atom. The third kappa shape index (κ3) is 11.8. The second-order valence-electron chi connectivity index (χ2n) is 7.29. The lowest BCUT2D eigenvalue weighted by molar-refractivity contribution is -0.124. The minimum absolute atomic E-state index is 0.0475. The first-order valence-corrected chi connectivity index (χ1v) is 9.54. The molecule has 0 aromatic carbocycles. The molecule has 3 atom stereocenters. The molecule has 0 bridgehead atoms. The van der Waals surface area contributed by atoms with Gasteiger partial charge in [0.05, 0.1) is 6.10 Å². The summed E-state index contributed by atoms with van der Waals surface area (Å²) in [6, 6.07) is 0. The minimum Gasteiger partial charge on any atom is -0.388 e. The van der Waals surface area contributed by atoms with Crippen molar-refractivity contribution in [1.82, 2.24) is 0 Å². The number of ketones is 2. The lowest BCUT2D eigenvalue weighted by Gasteiger charge is -2.16. The van der Waals surface area contributed by atoms with Crippen LogP contribution in [-0.2, 0) is 9.59 Å². The van der Waals surface area contributed by atoms with Gasteiger partial charge in [0.1, 0.15) is 11.6 Å². The van der Waals surface area contributed by atoms with E-state index >= 15 is 0 Å². The zero-order valence-corrected chi connectivity index (χ0v) is 17.3. The molecule has 3 heteroatoms. The molecule has 0 radical (unpaired) electrons. The van der Waals surface area contributed by atoms with Crippen LogP contribution in [0.2, 0.25) is 0 Å². The maximum absolute atomic E-state index is 12.3. The number of carbonyl (C=O) groups excluding carboxylic acids is 2. The number of hydrogen-bond donors (Lipinski definition) is 1. The van der Waals surface area contributed by atoms with Crippen molar-refractivity contribution < 1.29 is 14.7 Å². The van der Waals surface area contributed by atoms with Crippen molar-refractivity contribution in [2.24, 2.45) is 11.8 Å². The summed E-state index contributed by atoms with van der Waals surface area (Å²) in [5.74, 6) is 0.300. The van der Waals surface area contributed by atoms with Gasteiger partial charge >= 0.3 is 0 Å². The number of aliphatic hydroxyl groups excluding tert-OH is 1. The predicted octanol–water partition coefficient (Wildman–Crippen LogP) is 5.36. The Labute approximate surface area is 159 Å². The van der Waals surface area contributed by atoms with Gasteiger partial charge in [0, 0.05) is 18.8 Å². The van der Waals surface area contributed by atoms with Crippen LogP contribution < -0.4 is 0 Å². The third-order valence-electron chi connectivity index (χ3n) is 4.51. The summed E-state index contributed by atoms with van der Waals surface area (Å²) >= 11 is 0. The van der Waals surface area contributed by atoms with Gasteiger partial charge in [-0.25, -0.2) is 0 Å². The Balaban J connectivity index is 4.44. The van der Waals surface area contributed by atoms with Crippen LogP contribution in [-0.4, -0.2) is 22.8 Å². The summed E-state index contributed by atoms with van der Waals surface area (Å²) in [6.45, 7) is 11.5. The SMILES string of the molecule is CC/C(C)=C/C=C/C=C/C(C)CC(C)C(=O)CC(O)/C(C)=C/CC(C)=O. The molecule has 0 aliphatic rings. The van der Waals surface area contributed by atoms with E-state index in [0.29, 0.717) is 17.9 Å². The Morgan fingerprint density at radius 1 is 1.04 bits per heavy atom. The molecular weight excluding hydrogens is 324 g/mol. The summed E-state index contributed by atoms with van der Waals surface area (Å²) in [7, 11) is 0. The number of carbonyl (C=O) groups is 2. The molecular formula is C23H36O3. The highest BCUT2D eigenvalue weighted by Crippen LogP contribution is 2.18. The van der Waals surface area contributed by atoms with E-state index in [9.17, 15) is 14.7 Å². The molecule has 3 nitrogen and oxygen atoms in total. The second kappa shape index (κ2) is 13.5. The Morgan fingerprint density at radius 3 is 2.27 bits per heavy atom. The summed E-state index contributed by atoms with van der Waals surface area (Å²) in [5, 5.41) is 10.1. The molecule has 0 fully saturated rings. The van der Waals surface area contributed by atoms with Crippen molar-refractivity contribution in [3.63, 3.8) is 0 Å². The zero-order valence-electron chi connectivity index (χ0n) is 17.3. The van der Waals surface area contributed by atoms with Crippen molar-refractivity contribution >= 4 is 11.6 Å². The number of rotatable bonds is 12. The molecule has 0 saturated carbocycles. The van der Waals surface area contributed by atoms with Gasteiger partial charge < -0.3 is 5.11 Å². The number of aliphatic hydroxyl groups is 1. The number of Topliss-reactive ketones (excluding diaryl/α,β-unsaturated/α-hetero) is 2. The lowest BCUT2D eigenvalue weighted by atomic mass is 9.90. The Kier molecular flexibility index (Phi) is 12.6. The molecule has 0 rings (SSSR count). The fourth-order valence-electron chi connectivity index (χ4n) is 2.42. The maximum Gasteiger partial charge on any atom is 0.138 e. The molecule has 3 unspecified atom stereocenters. The van der Waals surface area contributed by atoms with Crippen LogP contribution in [0, 0.1) is 11.8 Å². The quantitative estimate of drug-likeness (QED) is 0.376. The number of allylic oxidation sites excluding steroid dienone is 7. The second-order valence-corrected chi connectivity index (χ2v) is 7.29. The standard InChI is InChI=1S/C23H36O3/c1-7-17(2)11-9-8-10-12-18(3)15-20(5)23(26)16-22(25)19(4)13-14-21(6)24/h8-13,18,20,22,25H,7,14-16H2,1-6H3/b9-8+,12-10+,17-11+,19-13+. The van der Waals surface area contributed by atoms with Gasteiger partial charge in [0.25, 0.3) is 0 Å². The monoisotopic (exact) mass is 360 g/mol. The van der Waals surface area contributed by atoms with Crippen LogP contribution in [0.3, 0.4) is 0 Å². The average Bonchev–Trinajstić information content (AvgIpc) is 2.58. The maximum atomic E-state index is 12.3. The Bertz CT molecular complexity index is 564. The first-order valence-electron chi connectivity index (χ1n) is 9.54. The lowest BCUT2D eigenvalue weighted by Crippen LogP contribution is -2.21. The highest BCUT2D eigenvalue weighted by atomic mass is 16.3. The molecule has 146 valence electrons. The van der Waals surface area contributed by atoms with Gasteiger partial charge in [-0.05, 0) is 45.1 Å². The first kappa shape index (κ1) is 24.3. The van der Waals surface area contributed by atoms with E-state index in [4.69, 9.17) is 0 Å². The van der Waals surface area contributed by atoms with Crippen LogP contribution in [0.5, 0.6) is 0 Å². The number of hydrogen-bond acceptors (Lipinski definition) is 3. The third-order valence-corrected chi connectivity index (χ3v) is 4.51. The highest BCUT2D eigenvalue weighted by Gasteiger charge is 2.19. The molecule has 0 aromatic heterocycles. The van der Waals surface area contributed by atoms with Gasteiger partial charge in [0.2, 0.25) is 0 Å². The highest BCUT2D eigenvalue weighted by molar-refractivity contribution is 5.81. The van der Waals surface area contributed by atoms with E-state index in [-0.39, 0.29) is 23.9 Å². The van der Waals surface area contributed by atoms with Crippen LogP contribution in [0.25, 0.3) is 0 Å². The Hall–Kier alpha value is -1.74. The van der Waals surface area contributed by atoms with Crippen molar-refractivity contribution in [2.45, 2.75) is 73.3 Å². The van der Waals surface area contributed by atoms with Crippen LogP contribution in [0.1, 0.15) is 67.2 Å². The van der Waals surface area contributed by atoms with E-state index < -0.39 is 6.10 Å². The van der Waals surface area contributed by atoms with Gasteiger partial charge in [-0.15, -0.1) is 0 Å². The molecule has 0 aromatic rings. The van der Waals surface area contributed by atoms with E-state index in [2.05, 4.69) is 32.9 Å². The summed E-state index contributed by atoms with van der Waals surface area (Å²) < 4.78 is 0. The van der Waals surface area contributed by atoms with Gasteiger partial charge in [-0.2, -0.15) is 0 Å². The smallest absolute Gasteiger partial charge is 0.138 e. The topological polar surface area (TPSA) is 54.4 Å². The van der Waals surface area contributed by atoms with Crippen molar-refractivity contribution in [2.75, 3.05) is 0 Å². The predicted molar refractivity (Wildman–Crippen MR) is 110 cm³/mol. The molecule has 0 aliphatic carbocycles. The molecule has 0 saturated heterocycles. The molecule has 26 heavy (non-hydrogen) atoms. The summed E-state index contributed by atoms with van der Waals surface area (Å²) in [5.41, 5.74) is 2.03. The van der Waals surface area contributed by atoms with Crippen LogP contribution in [0.4, 0.5) is 0 Å². The summed E-state index contributed by atoms with van der Waals surface area (Å²) in [6.07, 6.45) is 13.4. The van der Waals surface area contributed by atoms with Gasteiger partial charge in [-0.1, -0.05) is 62.8 Å². The summed E-state index contributed by atoms with van der Waals surface area (Å²) in [4.78, 5) is 23.3. The minimum atomic E-state index is -0.799. The zero-order chi connectivity index (χ0) is 20.1. The fraction of sp³-hybridized carbons (Fsp3) is 0.565. The van der Waals surface area contributed by atoms with Crippen molar-refractivity contribution in [3.8, 4) is 0 Å². The fourth-order valence-corrected chi connectivity index (χ4v) is 2.42. The largest absolute Gasteiger partial charge is 0.388 e. The molecule has 0 aliphatic heterocycles. The van der Waals surface area contributed by atoms with Crippen molar-refractivity contribution in [3.05, 3.63) is 47.6 Å². The average molecular weight is 361 g/mol. The molecule has 1 N–H and O–H groups in total. The van der Waals surface area contributed by atoms with Gasteiger partial charge in [-0.3, -0.25) is 9.59 Å². The van der Waals surface area contributed by atoms with Gasteiger partial charge in [0.15, 0.2) is 0 Å². The molecule has 0 heterocycles. The van der Waals surface area contributed by atoms with Crippen molar-refractivity contribution in [1.29, 1.82) is 0 Å². The van der Waals surface area contributed by atoms with E-state index in [1.54, 1.807) is 13.0 Å². The van der Waals surface area contributed by atoms with E-state index in [1.807, 2.05) is 25.2 Å². The first-order chi connectivity index (χ1) is 12.2. The molecule has 0 amide bonds. The molecule has 0 spiro atoms. The van der Waals surface area contributed by atoms with E-state index in [0.717, 1.165) is 12.8 Å². The van der Waals surface area contributed by atoms with E-state index in [1.165, 1.54) is 12.5 Å². The van der Waals surface area contributed by atoms with Crippen LogP contribution in [0.15, 0.2) is 47.6 Å². The normalized spacial score (nSPS) is 16.9.